The fourth-order valence-electron chi connectivity index (χ4n) is 3.12. The number of hydrogen-bond donors (Lipinski definition) is 1. The first-order valence-corrected chi connectivity index (χ1v) is 8.28. The second-order valence-corrected chi connectivity index (χ2v) is 6.59. The van der Waals surface area contributed by atoms with Crippen molar-refractivity contribution in [3.8, 4) is 0 Å². The summed E-state index contributed by atoms with van der Waals surface area (Å²) in [5.41, 5.74) is 2.32. The average molecular weight is 348 g/mol. The zero-order chi connectivity index (χ0) is 14.7. The van der Waals surface area contributed by atoms with E-state index in [2.05, 4.69) is 51.6 Å². The van der Waals surface area contributed by atoms with E-state index in [1.807, 2.05) is 6.07 Å². The molecule has 2 aromatic carbocycles. The topological polar surface area (TPSA) is 12.0 Å². The van der Waals surface area contributed by atoms with Crippen molar-refractivity contribution in [2.45, 2.75) is 37.6 Å². The molecular weight excluding hydrogens is 329 g/mol. The summed E-state index contributed by atoms with van der Waals surface area (Å²) in [6.45, 7) is 0. The van der Waals surface area contributed by atoms with Crippen LogP contribution in [0.1, 0.15) is 37.2 Å². The molecule has 1 nitrogen and oxygen atoms in total. The SMILES string of the molecule is Fc1cc(NC2CCC(c3ccccc3)CC2)ccc1Br. The van der Waals surface area contributed by atoms with E-state index in [4.69, 9.17) is 0 Å². The summed E-state index contributed by atoms with van der Waals surface area (Å²) in [6, 6.07) is 16.4. The van der Waals surface area contributed by atoms with Gasteiger partial charge in [0.15, 0.2) is 0 Å². The molecule has 1 aliphatic carbocycles. The Kier molecular flexibility index (Phi) is 4.59. The Morgan fingerprint density at radius 3 is 2.33 bits per heavy atom. The molecule has 0 spiro atoms. The first kappa shape index (κ1) is 14.6. The van der Waals surface area contributed by atoms with Crippen molar-refractivity contribution in [2.75, 3.05) is 5.32 Å². The molecule has 0 heterocycles. The molecule has 0 bridgehead atoms. The van der Waals surface area contributed by atoms with E-state index in [-0.39, 0.29) is 5.82 Å². The van der Waals surface area contributed by atoms with Gasteiger partial charge >= 0.3 is 0 Å². The minimum absolute atomic E-state index is 0.210. The van der Waals surface area contributed by atoms with Gasteiger partial charge in [-0.3, -0.25) is 0 Å². The molecule has 0 saturated heterocycles. The van der Waals surface area contributed by atoms with Gasteiger partial charge in [0.05, 0.1) is 4.47 Å². The first-order valence-electron chi connectivity index (χ1n) is 7.49. The van der Waals surface area contributed by atoms with Gasteiger partial charge < -0.3 is 5.32 Å². The summed E-state index contributed by atoms with van der Waals surface area (Å²) in [5.74, 6) is 0.462. The largest absolute Gasteiger partial charge is 0.382 e. The molecule has 0 atom stereocenters. The van der Waals surface area contributed by atoms with Gasteiger partial charge in [0.25, 0.3) is 0 Å². The molecule has 0 aromatic heterocycles. The van der Waals surface area contributed by atoms with Gasteiger partial charge in [0, 0.05) is 11.7 Å². The highest BCUT2D eigenvalue weighted by Gasteiger charge is 2.22. The maximum absolute atomic E-state index is 13.5. The summed E-state index contributed by atoms with van der Waals surface area (Å²) in [5, 5.41) is 3.46. The molecule has 110 valence electrons. The molecule has 0 aliphatic heterocycles. The zero-order valence-corrected chi connectivity index (χ0v) is 13.4. The molecule has 0 radical (unpaired) electrons. The summed E-state index contributed by atoms with van der Waals surface area (Å²) in [4.78, 5) is 0. The van der Waals surface area contributed by atoms with Crippen molar-refractivity contribution in [2.24, 2.45) is 0 Å². The predicted molar refractivity (Wildman–Crippen MR) is 89.2 cm³/mol. The highest BCUT2D eigenvalue weighted by Crippen LogP contribution is 2.34. The molecule has 3 heteroatoms. The van der Waals surface area contributed by atoms with Crippen molar-refractivity contribution in [1.29, 1.82) is 0 Å². The fourth-order valence-corrected chi connectivity index (χ4v) is 3.36. The van der Waals surface area contributed by atoms with Crippen LogP contribution in [0.2, 0.25) is 0 Å². The standard InChI is InChI=1S/C18H19BrFN/c19-17-11-10-16(12-18(17)20)21-15-8-6-14(7-9-15)13-4-2-1-3-5-13/h1-5,10-12,14-15,21H,6-9H2. The van der Waals surface area contributed by atoms with Crippen LogP contribution in [-0.2, 0) is 0 Å². The number of halogens is 2. The van der Waals surface area contributed by atoms with Crippen LogP contribution in [0, 0.1) is 5.82 Å². The van der Waals surface area contributed by atoms with Crippen molar-refractivity contribution in [1.82, 2.24) is 0 Å². The zero-order valence-electron chi connectivity index (χ0n) is 11.9. The molecule has 3 rings (SSSR count). The summed E-state index contributed by atoms with van der Waals surface area (Å²) >= 11 is 3.19. The van der Waals surface area contributed by atoms with Gasteiger partial charge in [-0.2, -0.15) is 0 Å². The Bertz CT molecular complexity index is 591. The third-order valence-electron chi connectivity index (χ3n) is 4.29. The summed E-state index contributed by atoms with van der Waals surface area (Å²) < 4.78 is 14.0. The lowest BCUT2D eigenvalue weighted by atomic mass is 9.82. The Morgan fingerprint density at radius 2 is 1.67 bits per heavy atom. The number of rotatable bonds is 3. The van der Waals surface area contributed by atoms with Crippen LogP contribution < -0.4 is 5.32 Å². The first-order chi connectivity index (χ1) is 10.2. The highest BCUT2D eigenvalue weighted by atomic mass is 79.9. The van der Waals surface area contributed by atoms with Crippen molar-refractivity contribution in [3.63, 3.8) is 0 Å². The monoisotopic (exact) mass is 347 g/mol. The minimum atomic E-state index is -0.210. The van der Waals surface area contributed by atoms with E-state index < -0.39 is 0 Å². The maximum atomic E-state index is 13.5. The van der Waals surface area contributed by atoms with Crippen LogP contribution in [0.15, 0.2) is 53.0 Å². The Hall–Kier alpha value is -1.35. The molecular formula is C18H19BrFN. The quantitative estimate of drug-likeness (QED) is 0.747. The Labute approximate surface area is 133 Å². The Balaban J connectivity index is 1.57. The van der Waals surface area contributed by atoms with Crippen LogP contribution in [0.3, 0.4) is 0 Å². The van der Waals surface area contributed by atoms with Gasteiger partial charge in [-0.15, -0.1) is 0 Å². The van der Waals surface area contributed by atoms with Gasteiger partial charge in [0.1, 0.15) is 5.82 Å². The summed E-state index contributed by atoms with van der Waals surface area (Å²) in [6.07, 6.45) is 4.66. The molecule has 1 aliphatic rings. The minimum Gasteiger partial charge on any atom is -0.382 e. The third kappa shape index (κ3) is 3.65. The van der Waals surface area contributed by atoms with E-state index in [9.17, 15) is 4.39 Å². The van der Waals surface area contributed by atoms with Gasteiger partial charge in [-0.1, -0.05) is 30.3 Å². The van der Waals surface area contributed by atoms with E-state index in [0.29, 0.717) is 16.4 Å². The number of nitrogens with one attached hydrogen (secondary N) is 1. The number of benzene rings is 2. The third-order valence-corrected chi connectivity index (χ3v) is 4.93. The number of anilines is 1. The van der Waals surface area contributed by atoms with Crippen LogP contribution in [-0.4, -0.2) is 6.04 Å². The van der Waals surface area contributed by atoms with Crippen LogP contribution in [0.5, 0.6) is 0 Å². The van der Waals surface area contributed by atoms with Gasteiger partial charge in [0.2, 0.25) is 0 Å². The van der Waals surface area contributed by atoms with Crippen molar-refractivity contribution >= 4 is 21.6 Å². The normalized spacial score (nSPS) is 22.0. The predicted octanol–water partition coefficient (Wildman–Crippen LogP) is 5.73. The number of hydrogen-bond acceptors (Lipinski definition) is 1. The van der Waals surface area contributed by atoms with E-state index in [1.54, 1.807) is 12.1 Å². The molecule has 1 fully saturated rings. The second-order valence-electron chi connectivity index (χ2n) is 5.73. The van der Waals surface area contributed by atoms with Crippen molar-refractivity contribution < 1.29 is 4.39 Å². The van der Waals surface area contributed by atoms with Gasteiger partial charge in [-0.25, -0.2) is 4.39 Å². The van der Waals surface area contributed by atoms with Gasteiger partial charge in [-0.05, 0) is 71.3 Å². The molecule has 2 aromatic rings. The smallest absolute Gasteiger partial charge is 0.139 e. The van der Waals surface area contributed by atoms with Crippen LogP contribution >= 0.6 is 15.9 Å². The fraction of sp³-hybridized carbons (Fsp3) is 0.333. The van der Waals surface area contributed by atoms with E-state index in [1.165, 1.54) is 18.4 Å². The molecule has 0 unspecified atom stereocenters. The molecule has 21 heavy (non-hydrogen) atoms. The van der Waals surface area contributed by atoms with Crippen molar-refractivity contribution in [3.05, 3.63) is 64.4 Å². The van der Waals surface area contributed by atoms with Crippen LogP contribution in [0.25, 0.3) is 0 Å². The second kappa shape index (κ2) is 6.61. The molecule has 1 N–H and O–H groups in total. The molecule has 1 saturated carbocycles. The Morgan fingerprint density at radius 1 is 0.952 bits per heavy atom. The maximum Gasteiger partial charge on any atom is 0.139 e. The average Bonchev–Trinajstić information content (AvgIpc) is 2.53. The van der Waals surface area contributed by atoms with E-state index in [0.717, 1.165) is 18.5 Å². The lowest BCUT2D eigenvalue weighted by molar-refractivity contribution is 0.412. The highest BCUT2D eigenvalue weighted by molar-refractivity contribution is 9.10. The summed E-state index contributed by atoms with van der Waals surface area (Å²) in [7, 11) is 0. The lowest BCUT2D eigenvalue weighted by Crippen LogP contribution is -2.25. The van der Waals surface area contributed by atoms with E-state index >= 15 is 0 Å². The van der Waals surface area contributed by atoms with Crippen LogP contribution in [0.4, 0.5) is 10.1 Å². The molecule has 0 amide bonds. The lowest BCUT2D eigenvalue weighted by Gasteiger charge is -2.30.